The van der Waals surface area contributed by atoms with Gasteiger partial charge in [-0.25, -0.2) is 0 Å². The summed E-state index contributed by atoms with van der Waals surface area (Å²) in [6, 6.07) is 1.06. The summed E-state index contributed by atoms with van der Waals surface area (Å²) in [6.45, 7) is 6.32. The molecule has 0 aromatic carbocycles. The Morgan fingerprint density at radius 2 is 2.14 bits per heavy atom. The zero-order valence-electron chi connectivity index (χ0n) is 9.12. The Labute approximate surface area is 85.8 Å². The van der Waals surface area contributed by atoms with Gasteiger partial charge in [-0.3, -0.25) is 9.69 Å². The van der Waals surface area contributed by atoms with E-state index in [1.54, 1.807) is 0 Å². The zero-order valence-corrected chi connectivity index (χ0v) is 9.12. The lowest BCUT2D eigenvalue weighted by atomic mass is 10.1. The van der Waals surface area contributed by atoms with Gasteiger partial charge in [0.25, 0.3) is 0 Å². The van der Waals surface area contributed by atoms with E-state index in [-0.39, 0.29) is 11.8 Å². The van der Waals surface area contributed by atoms with Crippen LogP contribution in [0.4, 0.5) is 0 Å². The van der Waals surface area contributed by atoms with Crippen molar-refractivity contribution < 1.29 is 4.79 Å². The fourth-order valence-corrected chi connectivity index (χ4v) is 2.60. The number of amides is 1. The van der Waals surface area contributed by atoms with Crippen molar-refractivity contribution in [3.05, 3.63) is 0 Å². The van der Waals surface area contributed by atoms with Gasteiger partial charge in [-0.1, -0.05) is 13.8 Å². The highest BCUT2D eigenvalue weighted by Gasteiger charge is 2.37. The van der Waals surface area contributed by atoms with Crippen molar-refractivity contribution >= 4 is 5.91 Å². The maximum Gasteiger partial charge on any atom is 0.222 e. The van der Waals surface area contributed by atoms with Crippen molar-refractivity contribution in [3.63, 3.8) is 0 Å². The van der Waals surface area contributed by atoms with E-state index in [9.17, 15) is 4.79 Å². The molecule has 0 aromatic heterocycles. The standard InChI is InChI=1S/C11H20N2O/c1-8(2)11(14)12-9-5-7-13-6-3-4-10(9)13/h8-10H,3-7H2,1-2H3,(H,12,14). The monoisotopic (exact) mass is 196 g/mol. The second-order valence-electron chi connectivity index (χ2n) is 4.80. The smallest absolute Gasteiger partial charge is 0.222 e. The largest absolute Gasteiger partial charge is 0.352 e. The molecule has 14 heavy (non-hydrogen) atoms. The average Bonchev–Trinajstić information content (AvgIpc) is 2.69. The van der Waals surface area contributed by atoms with Gasteiger partial charge in [-0.15, -0.1) is 0 Å². The molecular formula is C11H20N2O. The summed E-state index contributed by atoms with van der Waals surface area (Å²) in [7, 11) is 0. The molecule has 80 valence electrons. The second-order valence-corrected chi connectivity index (χ2v) is 4.80. The number of rotatable bonds is 2. The van der Waals surface area contributed by atoms with E-state index in [0.717, 1.165) is 6.42 Å². The van der Waals surface area contributed by atoms with Crippen LogP contribution in [-0.4, -0.2) is 36.0 Å². The summed E-state index contributed by atoms with van der Waals surface area (Å²) in [6.07, 6.45) is 3.71. The maximum atomic E-state index is 11.6. The zero-order chi connectivity index (χ0) is 10.1. The number of nitrogens with one attached hydrogen (secondary N) is 1. The van der Waals surface area contributed by atoms with Crippen LogP contribution in [0, 0.1) is 5.92 Å². The molecular weight excluding hydrogens is 176 g/mol. The number of nitrogens with zero attached hydrogens (tertiary/aromatic N) is 1. The molecule has 0 radical (unpaired) electrons. The number of carbonyl (C=O) groups excluding carboxylic acids is 1. The summed E-state index contributed by atoms with van der Waals surface area (Å²) < 4.78 is 0. The van der Waals surface area contributed by atoms with Gasteiger partial charge in [-0.05, 0) is 25.8 Å². The topological polar surface area (TPSA) is 32.3 Å². The Kier molecular flexibility index (Phi) is 2.77. The van der Waals surface area contributed by atoms with Crippen molar-refractivity contribution in [1.29, 1.82) is 0 Å². The first-order chi connectivity index (χ1) is 6.68. The van der Waals surface area contributed by atoms with Gasteiger partial charge in [0.2, 0.25) is 5.91 Å². The van der Waals surface area contributed by atoms with Crippen LogP contribution in [0.2, 0.25) is 0 Å². The van der Waals surface area contributed by atoms with E-state index >= 15 is 0 Å². The minimum atomic E-state index is 0.116. The predicted molar refractivity (Wildman–Crippen MR) is 56.0 cm³/mol. The van der Waals surface area contributed by atoms with Crippen molar-refractivity contribution in [2.24, 2.45) is 5.92 Å². The number of carbonyl (C=O) groups is 1. The number of hydrogen-bond donors (Lipinski definition) is 1. The van der Waals surface area contributed by atoms with Crippen molar-refractivity contribution in [2.45, 2.75) is 45.2 Å². The SMILES string of the molecule is CC(C)C(=O)NC1CCN2CCCC12. The summed E-state index contributed by atoms with van der Waals surface area (Å²) in [4.78, 5) is 14.1. The molecule has 0 aromatic rings. The van der Waals surface area contributed by atoms with E-state index in [2.05, 4.69) is 10.2 Å². The molecule has 0 spiro atoms. The molecule has 2 rings (SSSR count). The van der Waals surface area contributed by atoms with Crippen LogP contribution in [0.1, 0.15) is 33.1 Å². The minimum Gasteiger partial charge on any atom is -0.352 e. The van der Waals surface area contributed by atoms with Gasteiger partial charge in [-0.2, -0.15) is 0 Å². The Hall–Kier alpha value is -0.570. The van der Waals surface area contributed by atoms with E-state index in [1.165, 1.54) is 25.9 Å². The molecule has 2 saturated heterocycles. The highest BCUT2D eigenvalue weighted by atomic mass is 16.1. The molecule has 2 fully saturated rings. The molecule has 2 atom stereocenters. The first kappa shape index (κ1) is 9.97. The molecule has 2 aliphatic heterocycles. The lowest BCUT2D eigenvalue weighted by Gasteiger charge is -2.22. The lowest BCUT2D eigenvalue weighted by molar-refractivity contribution is -0.124. The Balaban J connectivity index is 1.90. The molecule has 0 saturated carbocycles. The van der Waals surface area contributed by atoms with E-state index in [1.807, 2.05) is 13.8 Å². The van der Waals surface area contributed by atoms with Gasteiger partial charge in [0.05, 0.1) is 0 Å². The Morgan fingerprint density at radius 3 is 2.86 bits per heavy atom. The first-order valence-corrected chi connectivity index (χ1v) is 5.73. The lowest BCUT2D eigenvalue weighted by Crippen LogP contribution is -2.43. The van der Waals surface area contributed by atoms with Gasteiger partial charge in [0.1, 0.15) is 0 Å². The van der Waals surface area contributed by atoms with Crippen molar-refractivity contribution in [3.8, 4) is 0 Å². The van der Waals surface area contributed by atoms with Gasteiger partial charge >= 0.3 is 0 Å². The van der Waals surface area contributed by atoms with Crippen LogP contribution in [0.25, 0.3) is 0 Å². The Bertz CT molecular complexity index is 227. The van der Waals surface area contributed by atoms with E-state index in [0.29, 0.717) is 12.1 Å². The van der Waals surface area contributed by atoms with Gasteiger partial charge < -0.3 is 5.32 Å². The minimum absolute atomic E-state index is 0.116. The third kappa shape index (κ3) is 1.78. The van der Waals surface area contributed by atoms with Crippen LogP contribution >= 0.6 is 0 Å². The van der Waals surface area contributed by atoms with Crippen LogP contribution in [-0.2, 0) is 4.79 Å². The second kappa shape index (κ2) is 3.89. The molecule has 3 nitrogen and oxygen atoms in total. The first-order valence-electron chi connectivity index (χ1n) is 5.73. The molecule has 0 bridgehead atoms. The van der Waals surface area contributed by atoms with Gasteiger partial charge in [0, 0.05) is 24.5 Å². The van der Waals surface area contributed by atoms with Crippen molar-refractivity contribution in [1.82, 2.24) is 10.2 Å². The molecule has 0 aliphatic carbocycles. The summed E-state index contributed by atoms with van der Waals surface area (Å²) >= 11 is 0. The molecule has 2 aliphatic rings. The molecule has 1 amide bonds. The summed E-state index contributed by atoms with van der Waals surface area (Å²) in [5.74, 6) is 0.328. The van der Waals surface area contributed by atoms with Crippen molar-refractivity contribution in [2.75, 3.05) is 13.1 Å². The summed E-state index contributed by atoms with van der Waals surface area (Å²) in [5.41, 5.74) is 0. The van der Waals surface area contributed by atoms with Crippen LogP contribution < -0.4 is 5.32 Å². The highest BCUT2D eigenvalue weighted by Crippen LogP contribution is 2.27. The fourth-order valence-electron chi connectivity index (χ4n) is 2.60. The number of hydrogen-bond acceptors (Lipinski definition) is 2. The van der Waals surface area contributed by atoms with Gasteiger partial charge in [0.15, 0.2) is 0 Å². The van der Waals surface area contributed by atoms with E-state index < -0.39 is 0 Å². The molecule has 2 heterocycles. The quantitative estimate of drug-likeness (QED) is 0.714. The molecule has 3 heteroatoms. The third-order valence-electron chi connectivity index (χ3n) is 3.46. The normalized spacial score (nSPS) is 32.2. The highest BCUT2D eigenvalue weighted by molar-refractivity contribution is 5.78. The average molecular weight is 196 g/mol. The summed E-state index contributed by atoms with van der Waals surface area (Å²) in [5, 5.41) is 3.17. The van der Waals surface area contributed by atoms with E-state index in [4.69, 9.17) is 0 Å². The van der Waals surface area contributed by atoms with Crippen LogP contribution in [0.3, 0.4) is 0 Å². The predicted octanol–water partition coefficient (Wildman–Crippen LogP) is 0.995. The maximum absolute atomic E-state index is 11.6. The van der Waals surface area contributed by atoms with Crippen LogP contribution in [0.15, 0.2) is 0 Å². The molecule has 2 unspecified atom stereocenters. The number of fused-ring (bicyclic) bond motifs is 1. The fraction of sp³-hybridized carbons (Fsp3) is 0.909. The Morgan fingerprint density at radius 1 is 1.36 bits per heavy atom. The van der Waals surface area contributed by atoms with Crippen LogP contribution in [0.5, 0.6) is 0 Å². The molecule has 1 N–H and O–H groups in total. The third-order valence-corrected chi connectivity index (χ3v) is 3.46.